The van der Waals surface area contributed by atoms with Crippen molar-refractivity contribution in [1.82, 2.24) is 0 Å². The number of fused-ring (bicyclic) bond motifs is 1. The predicted octanol–water partition coefficient (Wildman–Crippen LogP) is 3.16. The highest BCUT2D eigenvalue weighted by Crippen LogP contribution is 2.34. The van der Waals surface area contributed by atoms with Crippen LogP contribution in [0, 0.1) is 0 Å². The average Bonchev–Trinajstić information content (AvgIpc) is 3.38. The highest BCUT2D eigenvalue weighted by molar-refractivity contribution is 7.10. The van der Waals surface area contributed by atoms with Crippen LogP contribution in [-0.4, -0.2) is 18.7 Å². The van der Waals surface area contributed by atoms with Crippen molar-refractivity contribution in [2.75, 3.05) is 12.1 Å². The Bertz CT molecular complexity index is 912. The third-order valence-corrected chi connectivity index (χ3v) is 5.50. The van der Waals surface area contributed by atoms with Crippen molar-refractivity contribution in [3.05, 3.63) is 76.5 Å². The van der Waals surface area contributed by atoms with Gasteiger partial charge in [0.25, 0.3) is 5.91 Å². The molecule has 0 saturated heterocycles. The van der Waals surface area contributed by atoms with Crippen molar-refractivity contribution in [1.29, 1.82) is 0 Å². The smallest absolute Gasteiger partial charge is 0.282 e. The number of carbonyl (C=O) groups is 1. The van der Waals surface area contributed by atoms with Crippen LogP contribution in [0.5, 0.6) is 11.5 Å². The van der Waals surface area contributed by atoms with Crippen LogP contribution in [0.4, 0.5) is 5.69 Å². The molecule has 0 bridgehead atoms. The van der Waals surface area contributed by atoms with Gasteiger partial charge in [-0.05, 0) is 30.5 Å². The van der Waals surface area contributed by atoms with Crippen LogP contribution in [0.1, 0.15) is 23.4 Å². The zero-order chi connectivity index (χ0) is 18.6. The zero-order valence-corrected chi connectivity index (χ0v) is 15.7. The molecule has 0 spiro atoms. The number of nitrogens with two attached hydrogens (primary N) is 1. The van der Waals surface area contributed by atoms with E-state index in [2.05, 4.69) is 34.2 Å². The monoisotopic (exact) mass is 381 g/mol. The van der Waals surface area contributed by atoms with Gasteiger partial charge in [0.05, 0.1) is 4.88 Å². The van der Waals surface area contributed by atoms with Gasteiger partial charge in [-0.25, -0.2) is 0 Å². The number of hydrogen-bond donors (Lipinski definition) is 2. The van der Waals surface area contributed by atoms with Crippen LogP contribution in [0.2, 0.25) is 0 Å². The lowest BCUT2D eigenvalue weighted by Gasteiger charge is -2.19. The zero-order valence-electron chi connectivity index (χ0n) is 14.9. The van der Waals surface area contributed by atoms with E-state index in [1.54, 1.807) is 17.4 Å². The van der Waals surface area contributed by atoms with E-state index in [0.717, 1.165) is 0 Å². The van der Waals surface area contributed by atoms with Gasteiger partial charge in [-0.3, -0.25) is 4.79 Å². The lowest BCUT2D eigenvalue weighted by molar-refractivity contribution is -0.703. The largest absolute Gasteiger partial charge is 0.454 e. The number of anilines is 1. The average molecular weight is 381 g/mol. The summed E-state index contributed by atoms with van der Waals surface area (Å²) >= 11 is 1.70. The molecule has 0 unspecified atom stereocenters. The molecule has 1 aliphatic heterocycles. The third kappa shape index (κ3) is 3.97. The summed E-state index contributed by atoms with van der Waals surface area (Å²) in [6.07, 6.45) is 0. The molecule has 0 radical (unpaired) electrons. The molecule has 1 amide bonds. The summed E-state index contributed by atoms with van der Waals surface area (Å²) in [6.45, 7) is 2.14. The Morgan fingerprint density at radius 1 is 1.07 bits per heavy atom. The van der Waals surface area contributed by atoms with E-state index < -0.39 is 0 Å². The molecule has 27 heavy (non-hydrogen) atoms. The minimum Gasteiger partial charge on any atom is -0.454 e. The second kappa shape index (κ2) is 7.82. The topological polar surface area (TPSA) is 64.2 Å². The quantitative estimate of drug-likeness (QED) is 0.689. The Morgan fingerprint density at radius 3 is 2.67 bits per heavy atom. The lowest BCUT2D eigenvalue weighted by atomic mass is 10.0. The summed E-state index contributed by atoms with van der Waals surface area (Å²) in [5.41, 5.74) is 1.89. The molecule has 0 fully saturated rings. The second-order valence-corrected chi connectivity index (χ2v) is 7.42. The van der Waals surface area contributed by atoms with Crippen LogP contribution < -0.4 is 20.1 Å². The molecule has 5 nitrogen and oxygen atoms in total. The maximum atomic E-state index is 12.7. The molecule has 3 aromatic rings. The molecule has 3 N–H and O–H groups in total. The molecular weight excluding hydrogens is 360 g/mol. The number of nitrogens with one attached hydrogen (secondary N) is 1. The number of benzene rings is 2. The second-order valence-electron chi connectivity index (χ2n) is 6.44. The van der Waals surface area contributed by atoms with Gasteiger partial charge in [0.1, 0.15) is 6.04 Å². The van der Waals surface area contributed by atoms with Gasteiger partial charge in [-0.1, -0.05) is 36.4 Å². The van der Waals surface area contributed by atoms with Crippen molar-refractivity contribution < 1.29 is 19.6 Å². The van der Waals surface area contributed by atoms with Gasteiger partial charge >= 0.3 is 0 Å². The summed E-state index contributed by atoms with van der Waals surface area (Å²) in [4.78, 5) is 14.0. The Morgan fingerprint density at radius 2 is 1.89 bits per heavy atom. The molecule has 0 saturated carbocycles. The highest BCUT2D eigenvalue weighted by Gasteiger charge is 2.26. The number of amides is 1. The third-order valence-electron chi connectivity index (χ3n) is 4.54. The first kappa shape index (κ1) is 17.6. The normalized spacial score (nSPS) is 14.6. The molecule has 1 aliphatic rings. The first-order valence-corrected chi connectivity index (χ1v) is 9.72. The van der Waals surface area contributed by atoms with Gasteiger partial charge in [0, 0.05) is 17.3 Å². The number of thiophene rings is 1. The molecule has 138 valence electrons. The fourth-order valence-electron chi connectivity index (χ4n) is 3.11. The number of ether oxygens (including phenoxy) is 2. The summed E-state index contributed by atoms with van der Waals surface area (Å²) in [6, 6.07) is 19.7. The molecule has 6 heteroatoms. The van der Waals surface area contributed by atoms with Gasteiger partial charge in [-0.2, -0.15) is 0 Å². The maximum Gasteiger partial charge on any atom is 0.282 e. The molecule has 0 aliphatic carbocycles. The predicted molar refractivity (Wildman–Crippen MR) is 105 cm³/mol. The van der Waals surface area contributed by atoms with Gasteiger partial charge in [0.2, 0.25) is 6.79 Å². The number of hydrogen-bond acceptors (Lipinski definition) is 4. The van der Waals surface area contributed by atoms with Crippen LogP contribution in [0.25, 0.3) is 0 Å². The van der Waals surface area contributed by atoms with Crippen LogP contribution in [0.15, 0.2) is 66.0 Å². The first-order valence-electron chi connectivity index (χ1n) is 8.84. The van der Waals surface area contributed by atoms with Gasteiger partial charge in [-0.15, -0.1) is 11.3 Å². The van der Waals surface area contributed by atoms with E-state index in [1.165, 1.54) is 10.4 Å². The van der Waals surface area contributed by atoms with Gasteiger partial charge < -0.3 is 20.1 Å². The lowest BCUT2D eigenvalue weighted by Crippen LogP contribution is -2.92. The highest BCUT2D eigenvalue weighted by atomic mass is 32.1. The fourth-order valence-corrected chi connectivity index (χ4v) is 3.94. The number of carbonyl (C=O) groups excluding carboxylic acids is 1. The van der Waals surface area contributed by atoms with Crippen molar-refractivity contribution >= 4 is 22.9 Å². The van der Waals surface area contributed by atoms with Crippen LogP contribution >= 0.6 is 11.3 Å². The Balaban J connectivity index is 1.47. The molecule has 2 aromatic carbocycles. The Hall–Kier alpha value is -2.83. The SMILES string of the molecule is C[C@H]([NH2+][C@@H](c1ccccc1)c1cccs1)C(=O)Nc1ccc2c(c1)OCO2. The van der Waals surface area contributed by atoms with E-state index in [4.69, 9.17) is 9.47 Å². The molecule has 4 rings (SSSR count). The summed E-state index contributed by atoms with van der Waals surface area (Å²) in [7, 11) is 0. The Labute approximate surface area is 161 Å². The van der Waals surface area contributed by atoms with E-state index in [-0.39, 0.29) is 24.8 Å². The molecule has 1 aromatic heterocycles. The summed E-state index contributed by atoms with van der Waals surface area (Å²) in [5, 5.41) is 7.14. The summed E-state index contributed by atoms with van der Waals surface area (Å²) in [5.74, 6) is 1.31. The number of rotatable bonds is 6. The van der Waals surface area contributed by atoms with E-state index >= 15 is 0 Å². The first-order chi connectivity index (χ1) is 13.2. The van der Waals surface area contributed by atoms with Crippen molar-refractivity contribution in [2.45, 2.75) is 19.0 Å². The molecule has 2 atom stereocenters. The van der Waals surface area contributed by atoms with Gasteiger partial charge in [0.15, 0.2) is 17.5 Å². The standard InChI is InChI=1S/C21H20N2O3S/c1-14(21(24)23-16-9-10-17-18(12-16)26-13-25-17)22-20(19-8-5-11-27-19)15-6-3-2-4-7-15/h2-12,14,20,22H,13H2,1H3,(H,23,24)/p+1/t14-,20-/m0/s1. The molecular formula is C21H21N2O3S+. The van der Waals surface area contributed by atoms with Crippen molar-refractivity contribution in [3.63, 3.8) is 0 Å². The number of quaternary nitrogens is 1. The van der Waals surface area contributed by atoms with E-state index in [1.807, 2.05) is 43.3 Å². The van der Waals surface area contributed by atoms with Crippen molar-refractivity contribution in [3.8, 4) is 11.5 Å². The minimum atomic E-state index is -0.261. The fraction of sp³-hybridized carbons (Fsp3) is 0.190. The summed E-state index contributed by atoms with van der Waals surface area (Å²) < 4.78 is 10.7. The maximum absolute atomic E-state index is 12.7. The van der Waals surface area contributed by atoms with Crippen LogP contribution in [-0.2, 0) is 4.79 Å². The van der Waals surface area contributed by atoms with Crippen LogP contribution in [0.3, 0.4) is 0 Å². The van der Waals surface area contributed by atoms with Crippen molar-refractivity contribution in [2.24, 2.45) is 0 Å². The van der Waals surface area contributed by atoms with E-state index in [9.17, 15) is 4.79 Å². The molecule has 2 heterocycles. The minimum absolute atomic E-state index is 0.0497. The Kier molecular flexibility index (Phi) is 5.09. The van der Waals surface area contributed by atoms with E-state index in [0.29, 0.717) is 17.2 Å².